The van der Waals surface area contributed by atoms with E-state index in [1.54, 1.807) is 21.3 Å². The van der Waals surface area contributed by atoms with Gasteiger partial charge in [-0.3, -0.25) is 0 Å². The number of methoxy groups -OCH3 is 3. The molecular weight excluding hydrogens is 370 g/mol. The van der Waals surface area contributed by atoms with Gasteiger partial charge in [-0.1, -0.05) is 24.2 Å². The summed E-state index contributed by atoms with van der Waals surface area (Å²) in [5.74, 6) is 3.21. The van der Waals surface area contributed by atoms with Crippen molar-refractivity contribution in [1.29, 1.82) is 0 Å². The smallest absolute Gasteiger partial charge is 0.257 e. The third kappa shape index (κ3) is 5.06. The third-order valence-electron chi connectivity index (χ3n) is 4.63. The first kappa shape index (κ1) is 20.7. The van der Waals surface area contributed by atoms with Gasteiger partial charge in [-0.2, -0.15) is 4.98 Å². The van der Waals surface area contributed by atoms with Crippen molar-refractivity contribution in [1.82, 2.24) is 15.5 Å². The summed E-state index contributed by atoms with van der Waals surface area (Å²) in [7, 11) is 4.84. The molecule has 0 amide bonds. The van der Waals surface area contributed by atoms with E-state index < -0.39 is 0 Å². The van der Waals surface area contributed by atoms with Crippen LogP contribution in [0.1, 0.15) is 23.9 Å². The fraction of sp³-hybridized carbons (Fsp3) is 0.364. The van der Waals surface area contributed by atoms with Gasteiger partial charge in [0.05, 0.1) is 21.3 Å². The predicted octanol–water partition coefficient (Wildman–Crippen LogP) is 3.66. The van der Waals surface area contributed by atoms with E-state index >= 15 is 0 Å². The molecule has 0 aliphatic rings. The zero-order chi connectivity index (χ0) is 20.6. The Labute approximate surface area is 171 Å². The molecule has 0 aliphatic heterocycles. The number of aromatic nitrogens is 2. The first-order valence-corrected chi connectivity index (χ1v) is 9.60. The van der Waals surface area contributed by atoms with E-state index in [1.165, 1.54) is 5.56 Å². The van der Waals surface area contributed by atoms with Crippen LogP contribution in [0.3, 0.4) is 0 Å². The minimum absolute atomic E-state index is 0.564. The van der Waals surface area contributed by atoms with Gasteiger partial charge in [0.1, 0.15) is 0 Å². The van der Waals surface area contributed by atoms with Crippen molar-refractivity contribution >= 4 is 0 Å². The number of benzene rings is 2. The van der Waals surface area contributed by atoms with E-state index in [0.717, 1.165) is 36.3 Å². The Morgan fingerprint density at radius 1 is 0.931 bits per heavy atom. The lowest BCUT2D eigenvalue weighted by Gasteiger charge is -2.14. The first-order valence-electron chi connectivity index (χ1n) is 9.60. The van der Waals surface area contributed by atoms with E-state index in [0.29, 0.717) is 29.7 Å². The molecule has 0 saturated heterocycles. The maximum atomic E-state index is 5.40. The maximum absolute atomic E-state index is 5.40. The van der Waals surface area contributed by atoms with Crippen molar-refractivity contribution in [2.45, 2.75) is 26.3 Å². The van der Waals surface area contributed by atoms with Crippen molar-refractivity contribution in [2.75, 3.05) is 27.9 Å². The molecule has 0 unspecified atom stereocenters. The second-order valence-electron chi connectivity index (χ2n) is 6.53. The lowest BCUT2D eigenvalue weighted by Crippen LogP contribution is -2.16. The molecule has 0 fully saturated rings. The van der Waals surface area contributed by atoms with Gasteiger partial charge in [0.2, 0.25) is 5.75 Å². The Morgan fingerprint density at radius 2 is 1.62 bits per heavy atom. The molecule has 0 spiro atoms. The minimum Gasteiger partial charge on any atom is -0.493 e. The van der Waals surface area contributed by atoms with Gasteiger partial charge in [0.15, 0.2) is 17.3 Å². The Morgan fingerprint density at radius 3 is 2.17 bits per heavy atom. The van der Waals surface area contributed by atoms with E-state index in [4.69, 9.17) is 18.7 Å². The standard InChI is InChI=1S/C22H27N3O4/c1-5-20-24-22(29-25-20)17-8-6-15(7-9-17)10-11-23-14-16-12-18(26-2)21(28-4)19(13-16)27-3/h6-9,12-13,23H,5,10-11,14H2,1-4H3. The van der Waals surface area contributed by atoms with Gasteiger partial charge in [0, 0.05) is 18.5 Å². The van der Waals surface area contributed by atoms with Crippen LogP contribution < -0.4 is 19.5 Å². The fourth-order valence-corrected chi connectivity index (χ4v) is 3.03. The number of aryl methyl sites for hydroxylation is 1. The summed E-state index contributed by atoms with van der Waals surface area (Å²) in [6.45, 7) is 3.55. The molecule has 2 aromatic carbocycles. The summed E-state index contributed by atoms with van der Waals surface area (Å²) >= 11 is 0. The molecule has 29 heavy (non-hydrogen) atoms. The highest BCUT2D eigenvalue weighted by Crippen LogP contribution is 2.38. The molecule has 0 atom stereocenters. The quantitative estimate of drug-likeness (QED) is 0.523. The second kappa shape index (κ2) is 9.93. The van der Waals surface area contributed by atoms with Crippen molar-refractivity contribution < 1.29 is 18.7 Å². The molecule has 0 aliphatic carbocycles. The van der Waals surface area contributed by atoms with Crippen LogP contribution in [0, 0.1) is 0 Å². The van der Waals surface area contributed by atoms with E-state index in [9.17, 15) is 0 Å². The number of nitrogens with zero attached hydrogens (tertiary/aromatic N) is 2. The van der Waals surface area contributed by atoms with Crippen LogP contribution in [0.5, 0.6) is 17.2 Å². The van der Waals surface area contributed by atoms with E-state index in [2.05, 4.69) is 27.6 Å². The highest BCUT2D eigenvalue weighted by Gasteiger charge is 2.13. The summed E-state index contributed by atoms with van der Waals surface area (Å²) in [5, 5.41) is 7.39. The molecule has 3 aromatic rings. The molecule has 0 saturated carbocycles. The van der Waals surface area contributed by atoms with Gasteiger partial charge >= 0.3 is 0 Å². The van der Waals surface area contributed by atoms with Gasteiger partial charge in [-0.25, -0.2) is 0 Å². The lowest BCUT2D eigenvalue weighted by atomic mass is 10.1. The summed E-state index contributed by atoms with van der Waals surface area (Å²) in [6.07, 6.45) is 1.67. The van der Waals surface area contributed by atoms with E-state index in [-0.39, 0.29) is 0 Å². The SMILES string of the molecule is CCc1noc(-c2ccc(CCNCc3cc(OC)c(OC)c(OC)c3)cc2)n1. The number of hydrogen-bond acceptors (Lipinski definition) is 7. The topological polar surface area (TPSA) is 78.6 Å². The number of rotatable bonds is 10. The zero-order valence-electron chi connectivity index (χ0n) is 17.3. The van der Waals surface area contributed by atoms with Gasteiger partial charge < -0.3 is 24.1 Å². The molecule has 0 bridgehead atoms. The second-order valence-corrected chi connectivity index (χ2v) is 6.53. The zero-order valence-corrected chi connectivity index (χ0v) is 17.3. The highest BCUT2D eigenvalue weighted by atomic mass is 16.5. The van der Waals surface area contributed by atoms with Crippen LogP contribution in [0.25, 0.3) is 11.5 Å². The molecule has 7 heteroatoms. The number of ether oxygens (including phenoxy) is 3. The number of nitrogens with one attached hydrogen (secondary N) is 1. The van der Waals surface area contributed by atoms with Crippen molar-refractivity contribution in [3.63, 3.8) is 0 Å². The van der Waals surface area contributed by atoms with Crippen molar-refractivity contribution in [3.05, 3.63) is 53.3 Å². The maximum Gasteiger partial charge on any atom is 0.257 e. The van der Waals surface area contributed by atoms with Crippen LogP contribution in [0.4, 0.5) is 0 Å². The van der Waals surface area contributed by atoms with Crippen LogP contribution in [0.2, 0.25) is 0 Å². The number of hydrogen-bond donors (Lipinski definition) is 1. The Kier molecular flexibility index (Phi) is 7.08. The highest BCUT2D eigenvalue weighted by molar-refractivity contribution is 5.54. The molecular formula is C22H27N3O4. The average molecular weight is 397 g/mol. The molecule has 7 nitrogen and oxygen atoms in total. The molecule has 3 rings (SSSR count). The van der Waals surface area contributed by atoms with Crippen LogP contribution in [-0.4, -0.2) is 38.0 Å². The minimum atomic E-state index is 0.564. The molecule has 0 radical (unpaired) electrons. The average Bonchev–Trinajstić information content (AvgIpc) is 3.25. The monoisotopic (exact) mass is 397 g/mol. The largest absolute Gasteiger partial charge is 0.493 e. The first-order chi connectivity index (χ1) is 14.2. The van der Waals surface area contributed by atoms with E-state index in [1.807, 2.05) is 31.2 Å². The predicted molar refractivity (Wildman–Crippen MR) is 111 cm³/mol. The Bertz CT molecular complexity index is 897. The normalized spacial score (nSPS) is 10.8. The lowest BCUT2D eigenvalue weighted by molar-refractivity contribution is 0.323. The Balaban J connectivity index is 1.54. The molecule has 1 aromatic heterocycles. The molecule has 1 N–H and O–H groups in total. The summed E-state index contributed by atoms with van der Waals surface area (Å²) in [6, 6.07) is 12.1. The van der Waals surface area contributed by atoms with Crippen molar-refractivity contribution in [2.24, 2.45) is 0 Å². The van der Waals surface area contributed by atoms with Gasteiger partial charge in [-0.05, 0) is 48.4 Å². The molecule has 154 valence electrons. The van der Waals surface area contributed by atoms with Gasteiger partial charge in [-0.15, -0.1) is 0 Å². The Hall–Kier alpha value is -3.06. The van der Waals surface area contributed by atoms with Crippen LogP contribution in [0.15, 0.2) is 40.9 Å². The van der Waals surface area contributed by atoms with Crippen LogP contribution in [-0.2, 0) is 19.4 Å². The molecule has 1 heterocycles. The fourth-order valence-electron chi connectivity index (χ4n) is 3.03. The van der Waals surface area contributed by atoms with Gasteiger partial charge in [0.25, 0.3) is 5.89 Å². The van der Waals surface area contributed by atoms with Crippen LogP contribution >= 0.6 is 0 Å². The summed E-state index contributed by atoms with van der Waals surface area (Å²) in [4.78, 5) is 4.36. The third-order valence-corrected chi connectivity index (χ3v) is 4.63. The summed E-state index contributed by atoms with van der Waals surface area (Å²) < 4.78 is 21.4. The van der Waals surface area contributed by atoms with Crippen molar-refractivity contribution in [3.8, 4) is 28.7 Å². The summed E-state index contributed by atoms with van der Waals surface area (Å²) in [5.41, 5.74) is 3.24.